The van der Waals surface area contributed by atoms with E-state index in [1.54, 1.807) is 13.0 Å². The monoisotopic (exact) mass is 416 g/mol. The minimum atomic E-state index is -4.53. The maximum atomic E-state index is 12.5. The lowest BCUT2D eigenvalue weighted by molar-refractivity contribution is -0.153. The van der Waals surface area contributed by atoms with Crippen LogP contribution in [-0.2, 0) is 4.74 Å². The Morgan fingerprint density at radius 3 is 2.54 bits per heavy atom. The zero-order valence-corrected chi connectivity index (χ0v) is 15.4. The van der Waals surface area contributed by atoms with Gasteiger partial charge in [0.15, 0.2) is 6.61 Å². The van der Waals surface area contributed by atoms with Gasteiger partial charge in [0.2, 0.25) is 0 Å². The molecule has 0 aromatic heterocycles. The number of hydrogen-bond donors (Lipinski definition) is 2. The summed E-state index contributed by atoms with van der Waals surface area (Å²) >= 11 is 5.86. The van der Waals surface area contributed by atoms with Gasteiger partial charge in [0.1, 0.15) is 5.75 Å². The number of benzene rings is 2. The number of amides is 2. The maximum Gasteiger partial charge on any atom is 0.422 e. The molecule has 0 heterocycles. The van der Waals surface area contributed by atoms with Crippen LogP contribution in [-0.4, -0.2) is 31.4 Å². The largest absolute Gasteiger partial charge is 0.482 e. The predicted molar refractivity (Wildman–Crippen MR) is 98.0 cm³/mol. The van der Waals surface area contributed by atoms with Gasteiger partial charge in [-0.25, -0.2) is 4.79 Å². The number of ether oxygens (including phenoxy) is 2. The van der Waals surface area contributed by atoms with E-state index in [9.17, 15) is 22.8 Å². The van der Waals surface area contributed by atoms with Crippen molar-refractivity contribution in [3.63, 3.8) is 0 Å². The highest BCUT2D eigenvalue weighted by Gasteiger charge is 2.29. The van der Waals surface area contributed by atoms with Gasteiger partial charge in [-0.05, 0) is 43.3 Å². The first-order valence-corrected chi connectivity index (χ1v) is 8.40. The van der Waals surface area contributed by atoms with Crippen LogP contribution in [0.4, 0.5) is 29.3 Å². The van der Waals surface area contributed by atoms with E-state index in [2.05, 4.69) is 10.6 Å². The number of hydrogen-bond acceptors (Lipinski definition) is 4. The molecule has 0 spiro atoms. The number of carbonyl (C=O) groups is 2. The van der Waals surface area contributed by atoms with Crippen molar-refractivity contribution in [3.05, 3.63) is 53.1 Å². The molecule has 0 aliphatic rings. The molecule has 0 aliphatic carbocycles. The molecular weight excluding hydrogens is 401 g/mol. The Morgan fingerprint density at radius 2 is 1.86 bits per heavy atom. The molecule has 2 aromatic rings. The van der Waals surface area contributed by atoms with Gasteiger partial charge in [0, 0.05) is 16.3 Å². The van der Waals surface area contributed by atoms with Crippen molar-refractivity contribution in [2.75, 3.05) is 23.8 Å². The Morgan fingerprint density at radius 1 is 1.11 bits per heavy atom. The van der Waals surface area contributed by atoms with Crippen molar-refractivity contribution in [1.82, 2.24) is 0 Å². The topological polar surface area (TPSA) is 76.7 Å². The summed E-state index contributed by atoms with van der Waals surface area (Å²) in [6.07, 6.45) is -5.22. The minimum absolute atomic E-state index is 0.0227. The van der Waals surface area contributed by atoms with Crippen molar-refractivity contribution in [3.8, 4) is 5.75 Å². The number of alkyl halides is 3. The SMILES string of the molecule is CCOC(=O)Nc1cccc(C(=O)Nc2cc(Cl)ccc2OCC(F)(F)F)c1. The molecule has 2 N–H and O–H groups in total. The average molecular weight is 417 g/mol. The summed E-state index contributed by atoms with van der Waals surface area (Å²) in [7, 11) is 0. The van der Waals surface area contributed by atoms with Gasteiger partial charge in [-0.3, -0.25) is 10.1 Å². The first-order valence-electron chi connectivity index (χ1n) is 8.02. The highest BCUT2D eigenvalue weighted by atomic mass is 35.5. The smallest absolute Gasteiger partial charge is 0.422 e. The number of anilines is 2. The molecule has 0 radical (unpaired) electrons. The third-order valence-corrected chi connectivity index (χ3v) is 3.46. The molecule has 0 fully saturated rings. The summed E-state index contributed by atoms with van der Waals surface area (Å²) in [5.74, 6) is -0.817. The van der Waals surface area contributed by atoms with Crippen LogP contribution in [0.25, 0.3) is 0 Å². The third-order valence-electron chi connectivity index (χ3n) is 3.23. The Bertz CT molecular complexity index is 859. The van der Waals surface area contributed by atoms with Crippen molar-refractivity contribution >= 4 is 35.0 Å². The molecular formula is C18H16ClF3N2O4. The Kier molecular flexibility index (Phi) is 7.11. The number of rotatable bonds is 6. The molecule has 2 rings (SSSR count). The number of nitrogens with one attached hydrogen (secondary N) is 2. The van der Waals surface area contributed by atoms with Gasteiger partial charge in [-0.15, -0.1) is 0 Å². The van der Waals surface area contributed by atoms with Crippen LogP contribution >= 0.6 is 11.6 Å². The maximum absolute atomic E-state index is 12.5. The molecule has 6 nitrogen and oxygen atoms in total. The van der Waals surface area contributed by atoms with Gasteiger partial charge in [-0.2, -0.15) is 13.2 Å². The second-order valence-electron chi connectivity index (χ2n) is 5.42. The number of halogens is 4. The van der Waals surface area contributed by atoms with Crippen LogP contribution in [0, 0.1) is 0 Å². The van der Waals surface area contributed by atoms with Crippen molar-refractivity contribution in [1.29, 1.82) is 0 Å². The number of carbonyl (C=O) groups excluding carboxylic acids is 2. The fraction of sp³-hybridized carbons (Fsp3) is 0.222. The molecule has 2 amide bonds. The second-order valence-corrected chi connectivity index (χ2v) is 5.86. The quantitative estimate of drug-likeness (QED) is 0.686. The summed E-state index contributed by atoms with van der Waals surface area (Å²) in [6, 6.07) is 9.75. The summed E-state index contributed by atoms with van der Waals surface area (Å²) in [5, 5.41) is 5.10. The van der Waals surface area contributed by atoms with Gasteiger partial charge in [0.25, 0.3) is 5.91 Å². The summed E-state index contributed by atoms with van der Waals surface area (Å²) in [5.41, 5.74) is 0.437. The first kappa shape index (κ1) is 21.4. The van der Waals surface area contributed by atoms with Crippen LogP contribution in [0.5, 0.6) is 5.75 Å². The molecule has 0 aliphatic heterocycles. The second kappa shape index (κ2) is 9.32. The summed E-state index contributed by atoms with van der Waals surface area (Å²) in [4.78, 5) is 23.9. The van der Waals surface area contributed by atoms with E-state index in [0.717, 1.165) is 0 Å². The zero-order valence-electron chi connectivity index (χ0n) is 14.6. The van der Waals surface area contributed by atoms with Crippen molar-refractivity contribution in [2.24, 2.45) is 0 Å². The lowest BCUT2D eigenvalue weighted by Crippen LogP contribution is -2.20. The third kappa shape index (κ3) is 6.66. The molecule has 0 saturated heterocycles. The van der Waals surface area contributed by atoms with Gasteiger partial charge in [0.05, 0.1) is 12.3 Å². The molecule has 0 atom stereocenters. The van der Waals surface area contributed by atoms with Gasteiger partial charge >= 0.3 is 12.3 Å². The summed E-state index contributed by atoms with van der Waals surface area (Å²) in [6.45, 7) is 0.310. The van der Waals surface area contributed by atoms with Crippen LogP contribution < -0.4 is 15.4 Å². The highest BCUT2D eigenvalue weighted by Crippen LogP contribution is 2.30. The summed E-state index contributed by atoms with van der Waals surface area (Å²) < 4.78 is 46.7. The fourth-order valence-corrected chi connectivity index (χ4v) is 2.28. The van der Waals surface area contributed by atoms with Crippen LogP contribution in [0.3, 0.4) is 0 Å². The lowest BCUT2D eigenvalue weighted by Gasteiger charge is -2.14. The van der Waals surface area contributed by atoms with E-state index in [4.69, 9.17) is 21.1 Å². The molecule has 0 saturated carbocycles. The van der Waals surface area contributed by atoms with E-state index >= 15 is 0 Å². The normalized spacial score (nSPS) is 10.9. The van der Waals surface area contributed by atoms with Crippen molar-refractivity contribution in [2.45, 2.75) is 13.1 Å². The molecule has 10 heteroatoms. The zero-order chi connectivity index (χ0) is 20.7. The molecule has 150 valence electrons. The van der Waals surface area contributed by atoms with Crippen LogP contribution in [0.2, 0.25) is 5.02 Å². The van der Waals surface area contributed by atoms with Crippen LogP contribution in [0.15, 0.2) is 42.5 Å². The van der Waals surface area contributed by atoms with E-state index in [-0.39, 0.29) is 28.6 Å². The Hall–Kier alpha value is -2.94. The predicted octanol–water partition coefficient (Wildman–Crippen LogP) is 5.10. The Labute approximate surface area is 163 Å². The molecule has 0 unspecified atom stereocenters. The van der Waals surface area contributed by atoms with E-state index in [0.29, 0.717) is 5.69 Å². The standard InChI is InChI=1S/C18H16ClF3N2O4/c1-2-27-17(26)23-13-5-3-4-11(8-13)16(25)24-14-9-12(19)6-7-15(14)28-10-18(20,21)22/h3-9H,2,10H2,1H3,(H,23,26)(H,24,25). The van der Waals surface area contributed by atoms with E-state index < -0.39 is 24.8 Å². The van der Waals surface area contributed by atoms with E-state index in [1.165, 1.54) is 36.4 Å². The van der Waals surface area contributed by atoms with Gasteiger partial charge in [-0.1, -0.05) is 17.7 Å². The molecule has 28 heavy (non-hydrogen) atoms. The minimum Gasteiger partial charge on any atom is -0.482 e. The van der Waals surface area contributed by atoms with E-state index in [1.807, 2.05) is 0 Å². The average Bonchev–Trinajstić information content (AvgIpc) is 2.60. The van der Waals surface area contributed by atoms with Gasteiger partial charge < -0.3 is 14.8 Å². The Balaban J connectivity index is 2.16. The molecule has 2 aromatic carbocycles. The fourth-order valence-electron chi connectivity index (χ4n) is 2.10. The van der Waals surface area contributed by atoms with Crippen molar-refractivity contribution < 1.29 is 32.2 Å². The highest BCUT2D eigenvalue weighted by molar-refractivity contribution is 6.31. The first-order chi connectivity index (χ1) is 13.2. The lowest BCUT2D eigenvalue weighted by atomic mass is 10.2. The molecule has 0 bridgehead atoms. The van der Waals surface area contributed by atoms with Crippen LogP contribution in [0.1, 0.15) is 17.3 Å².